The predicted octanol–water partition coefficient (Wildman–Crippen LogP) is -0.802. The van der Waals surface area contributed by atoms with Crippen LogP contribution in [0.2, 0.25) is 0 Å². The molecular weight excluding hydrogens is 137 g/mol. The van der Waals surface area contributed by atoms with Gasteiger partial charge in [0.2, 0.25) is 0 Å². The number of likely N-dealkylation sites (tertiary alicyclic amines) is 1. The molecular formula is C6H10FNO2. The highest BCUT2D eigenvalue weighted by atomic mass is 19.1. The van der Waals surface area contributed by atoms with Crippen LogP contribution in [-0.2, 0) is 4.79 Å². The van der Waals surface area contributed by atoms with Crippen molar-refractivity contribution in [1.82, 2.24) is 4.90 Å². The average Bonchev–Trinajstić information content (AvgIpc) is 2.09. The van der Waals surface area contributed by atoms with Gasteiger partial charge < -0.3 is 9.90 Å². The van der Waals surface area contributed by atoms with Crippen LogP contribution in [0.3, 0.4) is 0 Å². The lowest BCUT2D eigenvalue weighted by molar-refractivity contribution is -0.112. The van der Waals surface area contributed by atoms with Gasteiger partial charge in [-0.1, -0.05) is 0 Å². The van der Waals surface area contributed by atoms with Gasteiger partial charge in [0, 0.05) is 6.54 Å². The van der Waals surface area contributed by atoms with E-state index in [1.54, 1.807) is 7.05 Å². The van der Waals surface area contributed by atoms with E-state index in [9.17, 15) is 9.18 Å². The predicted molar refractivity (Wildman–Crippen MR) is 33.4 cm³/mol. The first-order chi connectivity index (χ1) is 4.66. The monoisotopic (exact) mass is 147 g/mol. The van der Waals surface area contributed by atoms with E-state index in [0.717, 1.165) is 0 Å². The zero-order chi connectivity index (χ0) is 7.72. The molecule has 1 aliphatic rings. The minimum Gasteiger partial charge on any atom is -0.389 e. The number of halogens is 1. The van der Waals surface area contributed by atoms with Crippen LogP contribution in [0, 0.1) is 0 Å². The molecule has 1 saturated heterocycles. The van der Waals surface area contributed by atoms with Crippen molar-refractivity contribution >= 4 is 6.29 Å². The van der Waals surface area contributed by atoms with E-state index in [2.05, 4.69) is 0 Å². The number of aldehydes is 1. The summed E-state index contributed by atoms with van der Waals surface area (Å²) in [5, 5.41) is 8.89. The van der Waals surface area contributed by atoms with E-state index in [1.165, 1.54) is 4.90 Å². The highest BCUT2D eigenvalue weighted by Crippen LogP contribution is 2.17. The lowest BCUT2D eigenvalue weighted by atomic mass is 10.2. The van der Waals surface area contributed by atoms with Gasteiger partial charge in [-0.15, -0.1) is 0 Å². The lowest BCUT2D eigenvalue weighted by Crippen LogP contribution is -2.32. The summed E-state index contributed by atoms with van der Waals surface area (Å²) in [4.78, 5) is 11.7. The standard InChI is InChI=1S/C6H10FNO2/c1-8-2-5(10)6(7)4(8)3-9/h3-6,10H,2H2,1H3/t4?,5-,6+/m0/s1. The molecule has 1 N–H and O–H groups in total. The number of nitrogens with zero attached hydrogens (tertiary/aromatic N) is 1. The summed E-state index contributed by atoms with van der Waals surface area (Å²) in [6, 6.07) is -0.755. The van der Waals surface area contributed by atoms with E-state index in [4.69, 9.17) is 5.11 Å². The average molecular weight is 147 g/mol. The fourth-order valence-electron chi connectivity index (χ4n) is 1.17. The maximum Gasteiger partial charge on any atom is 0.149 e. The number of hydrogen-bond acceptors (Lipinski definition) is 3. The Hall–Kier alpha value is -0.480. The zero-order valence-corrected chi connectivity index (χ0v) is 5.70. The molecule has 0 aromatic heterocycles. The molecule has 1 fully saturated rings. The second kappa shape index (κ2) is 2.64. The molecule has 1 rings (SSSR count). The van der Waals surface area contributed by atoms with E-state index >= 15 is 0 Å². The largest absolute Gasteiger partial charge is 0.389 e. The first-order valence-electron chi connectivity index (χ1n) is 3.14. The fraction of sp³-hybridized carbons (Fsp3) is 0.833. The van der Waals surface area contributed by atoms with Gasteiger partial charge in [-0.2, -0.15) is 0 Å². The summed E-state index contributed by atoms with van der Waals surface area (Å²) >= 11 is 0. The first-order valence-corrected chi connectivity index (χ1v) is 3.14. The molecule has 0 radical (unpaired) electrons. The second-order valence-corrected chi connectivity index (χ2v) is 2.58. The molecule has 3 atom stereocenters. The minimum absolute atomic E-state index is 0.241. The number of rotatable bonds is 1. The number of carbonyl (C=O) groups is 1. The summed E-state index contributed by atoms with van der Waals surface area (Å²) < 4.78 is 12.7. The fourth-order valence-corrected chi connectivity index (χ4v) is 1.17. The van der Waals surface area contributed by atoms with Crippen molar-refractivity contribution in [3.05, 3.63) is 0 Å². The molecule has 1 aliphatic heterocycles. The lowest BCUT2D eigenvalue weighted by Gasteiger charge is -2.12. The molecule has 0 amide bonds. The highest BCUT2D eigenvalue weighted by Gasteiger charge is 2.38. The molecule has 10 heavy (non-hydrogen) atoms. The van der Waals surface area contributed by atoms with Gasteiger partial charge >= 0.3 is 0 Å². The second-order valence-electron chi connectivity index (χ2n) is 2.58. The Morgan fingerprint density at radius 1 is 1.80 bits per heavy atom. The van der Waals surface area contributed by atoms with E-state index < -0.39 is 18.3 Å². The molecule has 0 aromatic rings. The third-order valence-corrected chi connectivity index (χ3v) is 1.82. The number of aliphatic hydroxyl groups is 1. The molecule has 0 spiro atoms. The number of hydrogen-bond donors (Lipinski definition) is 1. The Bertz CT molecular complexity index is 142. The van der Waals surface area contributed by atoms with Crippen molar-refractivity contribution in [2.24, 2.45) is 0 Å². The topological polar surface area (TPSA) is 40.5 Å². The normalized spacial score (nSPS) is 42.1. The molecule has 4 heteroatoms. The van der Waals surface area contributed by atoms with Crippen LogP contribution < -0.4 is 0 Å². The molecule has 3 nitrogen and oxygen atoms in total. The van der Waals surface area contributed by atoms with Crippen LogP contribution in [0.25, 0.3) is 0 Å². The van der Waals surface area contributed by atoms with Crippen molar-refractivity contribution in [2.75, 3.05) is 13.6 Å². The summed E-state index contributed by atoms with van der Waals surface area (Å²) in [6.07, 6.45) is -1.89. The third-order valence-electron chi connectivity index (χ3n) is 1.82. The van der Waals surface area contributed by atoms with Crippen molar-refractivity contribution in [3.8, 4) is 0 Å². The highest BCUT2D eigenvalue weighted by molar-refractivity contribution is 5.59. The van der Waals surface area contributed by atoms with Gasteiger partial charge in [0.25, 0.3) is 0 Å². The smallest absolute Gasteiger partial charge is 0.149 e. The van der Waals surface area contributed by atoms with Crippen LogP contribution in [0.5, 0.6) is 0 Å². The Kier molecular flexibility index (Phi) is 2.01. The van der Waals surface area contributed by atoms with Gasteiger partial charge in [0.1, 0.15) is 12.5 Å². The summed E-state index contributed by atoms with van der Waals surface area (Å²) in [7, 11) is 1.61. The van der Waals surface area contributed by atoms with Gasteiger partial charge in [-0.25, -0.2) is 4.39 Å². The summed E-state index contributed by atoms with van der Waals surface area (Å²) in [5.41, 5.74) is 0. The number of aliphatic hydroxyl groups excluding tert-OH is 1. The molecule has 0 saturated carbocycles. The van der Waals surface area contributed by atoms with E-state index in [-0.39, 0.29) is 6.54 Å². The summed E-state index contributed by atoms with van der Waals surface area (Å²) in [6.45, 7) is 0.241. The minimum atomic E-state index is -1.41. The number of β-amino-alcohol motifs (C(OH)–C–C–N with tert-alkyl or cyclic N) is 1. The van der Waals surface area contributed by atoms with Crippen LogP contribution in [0.1, 0.15) is 0 Å². The maximum atomic E-state index is 12.7. The quantitative estimate of drug-likeness (QED) is 0.493. The Morgan fingerprint density at radius 3 is 2.60 bits per heavy atom. The van der Waals surface area contributed by atoms with Crippen molar-refractivity contribution in [2.45, 2.75) is 18.3 Å². The van der Waals surface area contributed by atoms with Gasteiger partial charge in [-0.3, -0.25) is 4.90 Å². The molecule has 0 aliphatic carbocycles. The van der Waals surface area contributed by atoms with Crippen LogP contribution >= 0.6 is 0 Å². The van der Waals surface area contributed by atoms with Crippen LogP contribution in [0.15, 0.2) is 0 Å². The zero-order valence-electron chi connectivity index (χ0n) is 5.70. The molecule has 1 unspecified atom stereocenters. The van der Waals surface area contributed by atoms with Gasteiger partial charge in [-0.05, 0) is 7.05 Å². The van der Waals surface area contributed by atoms with Crippen molar-refractivity contribution < 1.29 is 14.3 Å². The Morgan fingerprint density at radius 2 is 2.40 bits per heavy atom. The molecule has 1 heterocycles. The van der Waals surface area contributed by atoms with Crippen LogP contribution in [0.4, 0.5) is 4.39 Å². The summed E-state index contributed by atoms with van der Waals surface area (Å²) in [5.74, 6) is 0. The van der Waals surface area contributed by atoms with Crippen molar-refractivity contribution in [1.29, 1.82) is 0 Å². The first kappa shape index (κ1) is 7.63. The molecule has 0 bridgehead atoms. The van der Waals surface area contributed by atoms with Crippen molar-refractivity contribution in [3.63, 3.8) is 0 Å². The SMILES string of the molecule is CN1C[C@H](O)[C@H](F)C1C=O. The molecule has 58 valence electrons. The van der Waals surface area contributed by atoms with E-state index in [0.29, 0.717) is 6.29 Å². The maximum absolute atomic E-state index is 12.7. The number of carbonyl (C=O) groups excluding carboxylic acids is 1. The Labute approximate surface area is 58.4 Å². The third kappa shape index (κ3) is 1.04. The van der Waals surface area contributed by atoms with Crippen LogP contribution in [-0.4, -0.2) is 48.2 Å². The molecule has 0 aromatic carbocycles. The van der Waals surface area contributed by atoms with E-state index in [1.807, 2.05) is 0 Å². The van der Waals surface area contributed by atoms with Gasteiger partial charge in [0.05, 0.1) is 12.1 Å². The number of alkyl halides is 1. The van der Waals surface area contributed by atoms with Gasteiger partial charge in [0.15, 0.2) is 0 Å². The number of likely N-dealkylation sites (N-methyl/N-ethyl adjacent to an activating group) is 1. The Balaban J connectivity index is 2.63.